The molecule has 0 unspecified atom stereocenters. The van der Waals surface area contributed by atoms with Gasteiger partial charge in [-0.15, -0.1) is 0 Å². The molecule has 0 radical (unpaired) electrons. The SMILES string of the molecule is Cc1cc(C(=O)Nc2cccnc2N(C)C)cc(Cl)n1. The van der Waals surface area contributed by atoms with Gasteiger partial charge >= 0.3 is 0 Å². The Morgan fingerprint density at radius 2 is 2.10 bits per heavy atom. The molecule has 0 saturated carbocycles. The van der Waals surface area contributed by atoms with Crippen molar-refractivity contribution in [2.75, 3.05) is 24.3 Å². The lowest BCUT2D eigenvalue weighted by molar-refractivity contribution is 0.102. The van der Waals surface area contributed by atoms with E-state index in [1.54, 1.807) is 31.3 Å². The highest BCUT2D eigenvalue weighted by Crippen LogP contribution is 2.21. The van der Waals surface area contributed by atoms with Gasteiger partial charge in [0.05, 0.1) is 5.69 Å². The highest BCUT2D eigenvalue weighted by molar-refractivity contribution is 6.29. The van der Waals surface area contributed by atoms with Crippen LogP contribution < -0.4 is 10.2 Å². The summed E-state index contributed by atoms with van der Waals surface area (Å²) >= 11 is 5.87. The molecule has 2 aromatic heterocycles. The van der Waals surface area contributed by atoms with Gasteiger partial charge in [-0.25, -0.2) is 9.97 Å². The number of pyridine rings is 2. The van der Waals surface area contributed by atoms with Crippen molar-refractivity contribution in [3.05, 3.63) is 46.9 Å². The van der Waals surface area contributed by atoms with Crippen LogP contribution in [0.3, 0.4) is 0 Å². The number of hydrogen-bond acceptors (Lipinski definition) is 4. The van der Waals surface area contributed by atoms with Gasteiger partial charge in [0, 0.05) is 31.5 Å². The molecule has 0 aliphatic rings. The molecule has 5 nitrogen and oxygen atoms in total. The molecular formula is C14H15ClN4O. The quantitative estimate of drug-likeness (QED) is 0.883. The first-order valence-electron chi connectivity index (χ1n) is 6.05. The third kappa shape index (κ3) is 3.24. The maximum Gasteiger partial charge on any atom is 0.255 e. The topological polar surface area (TPSA) is 58.1 Å². The van der Waals surface area contributed by atoms with Crippen LogP contribution in [-0.2, 0) is 0 Å². The van der Waals surface area contributed by atoms with Crippen molar-refractivity contribution >= 4 is 29.0 Å². The minimum Gasteiger partial charge on any atom is -0.361 e. The molecule has 2 rings (SSSR count). The predicted molar refractivity (Wildman–Crippen MR) is 80.5 cm³/mol. The minimum absolute atomic E-state index is 0.242. The highest BCUT2D eigenvalue weighted by atomic mass is 35.5. The van der Waals surface area contributed by atoms with Crippen LogP contribution in [0.1, 0.15) is 16.1 Å². The summed E-state index contributed by atoms with van der Waals surface area (Å²) in [5.41, 5.74) is 1.81. The molecule has 20 heavy (non-hydrogen) atoms. The normalized spacial score (nSPS) is 10.2. The summed E-state index contributed by atoms with van der Waals surface area (Å²) in [6.07, 6.45) is 1.68. The minimum atomic E-state index is -0.242. The van der Waals surface area contributed by atoms with E-state index >= 15 is 0 Å². The summed E-state index contributed by atoms with van der Waals surface area (Å²) in [6, 6.07) is 6.80. The number of aromatic nitrogens is 2. The third-order valence-corrected chi connectivity index (χ3v) is 2.84. The zero-order chi connectivity index (χ0) is 14.7. The van der Waals surface area contributed by atoms with Crippen molar-refractivity contribution in [3.8, 4) is 0 Å². The van der Waals surface area contributed by atoms with Gasteiger partial charge in [-0.1, -0.05) is 11.6 Å². The first kappa shape index (κ1) is 14.3. The second-order valence-electron chi connectivity index (χ2n) is 4.54. The number of aryl methyl sites for hydroxylation is 1. The van der Waals surface area contributed by atoms with Crippen LogP contribution in [0, 0.1) is 6.92 Å². The molecule has 0 saturated heterocycles. The van der Waals surface area contributed by atoms with Gasteiger partial charge in [0.2, 0.25) is 0 Å². The average Bonchev–Trinajstić information content (AvgIpc) is 2.37. The van der Waals surface area contributed by atoms with E-state index in [4.69, 9.17) is 11.6 Å². The van der Waals surface area contributed by atoms with Crippen molar-refractivity contribution in [1.82, 2.24) is 9.97 Å². The maximum atomic E-state index is 12.2. The largest absolute Gasteiger partial charge is 0.361 e. The van der Waals surface area contributed by atoms with Crippen molar-refractivity contribution in [3.63, 3.8) is 0 Å². The molecule has 0 aromatic carbocycles. The Balaban J connectivity index is 2.28. The number of anilines is 2. The first-order chi connectivity index (χ1) is 9.47. The van der Waals surface area contributed by atoms with Crippen LogP contribution in [0.15, 0.2) is 30.5 Å². The lowest BCUT2D eigenvalue weighted by Gasteiger charge is -2.16. The number of nitrogens with zero attached hydrogens (tertiary/aromatic N) is 3. The fraction of sp³-hybridized carbons (Fsp3) is 0.214. The molecule has 0 bridgehead atoms. The number of halogens is 1. The van der Waals surface area contributed by atoms with Crippen molar-refractivity contribution in [1.29, 1.82) is 0 Å². The Morgan fingerprint density at radius 1 is 1.35 bits per heavy atom. The van der Waals surface area contributed by atoms with E-state index in [0.717, 1.165) is 0 Å². The van der Waals surface area contributed by atoms with Gasteiger partial charge in [-0.05, 0) is 31.2 Å². The van der Waals surface area contributed by atoms with Gasteiger partial charge in [-0.3, -0.25) is 4.79 Å². The van der Waals surface area contributed by atoms with Crippen LogP contribution in [0.4, 0.5) is 11.5 Å². The first-order valence-corrected chi connectivity index (χ1v) is 6.43. The Morgan fingerprint density at radius 3 is 2.75 bits per heavy atom. The van der Waals surface area contributed by atoms with Crippen molar-refractivity contribution < 1.29 is 4.79 Å². The lowest BCUT2D eigenvalue weighted by Crippen LogP contribution is -2.18. The number of carbonyl (C=O) groups is 1. The molecule has 1 N–H and O–H groups in total. The fourth-order valence-corrected chi connectivity index (χ4v) is 2.06. The van der Waals surface area contributed by atoms with E-state index in [2.05, 4.69) is 15.3 Å². The summed E-state index contributed by atoms with van der Waals surface area (Å²) in [6.45, 7) is 1.79. The van der Waals surface area contributed by atoms with Gasteiger partial charge in [-0.2, -0.15) is 0 Å². The van der Waals surface area contributed by atoms with E-state index in [9.17, 15) is 4.79 Å². The van der Waals surface area contributed by atoms with Crippen molar-refractivity contribution in [2.45, 2.75) is 6.92 Å². The van der Waals surface area contributed by atoms with Crippen LogP contribution in [0.5, 0.6) is 0 Å². The number of carbonyl (C=O) groups excluding carboxylic acids is 1. The Bertz CT molecular complexity index is 623. The monoisotopic (exact) mass is 290 g/mol. The number of hydrogen-bond donors (Lipinski definition) is 1. The molecule has 0 fully saturated rings. The van der Waals surface area contributed by atoms with Gasteiger partial charge in [0.25, 0.3) is 5.91 Å². The van der Waals surface area contributed by atoms with E-state index in [0.29, 0.717) is 27.9 Å². The molecule has 1 amide bonds. The lowest BCUT2D eigenvalue weighted by atomic mass is 10.2. The van der Waals surface area contributed by atoms with Crippen LogP contribution in [0.25, 0.3) is 0 Å². The molecule has 0 aliphatic carbocycles. The summed E-state index contributed by atoms with van der Waals surface area (Å²) in [4.78, 5) is 22.4. The zero-order valence-electron chi connectivity index (χ0n) is 11.5. The molecule has 0 aliphatic heterocycles. The molecular weight excluding hydrogens is 276 g/mol. The maximum absolute atomic E-state index is 12.2. The second-order valence-corrected chi connectivity index (χ2v) is 4.93. The number of amides is 1. The fourth-order valence-electron chi connectivity index (χ4n) is 1.80. The molecule has 104 valence electrons. The van der Waals surface area contributed by atoms with Gasteiger partial charge < -0.3 is 10.2 Å². The average molecular weight is 291 g/mol. The Kier molecular flexibility index (Phi) is 4.20. The van der Waals surface area contributed by atoms with E-state index < -0.39 is 0 Å². The van der Waals surface area contributed by atoms with Crippen LogP contribution in [-0.4, -0.2) is 30.0 Å². The summed E-state index contributed by atoms with van der Waals surface area (Å²) < 4.78 is 0. The molecule has 2 aromatic rings. The molecule has 0 spiro atoms. The number of rotatable bonds is 3. The summed E-state index contributed by atoms with van der Waals surface area (Å²) in [5, 5.41) is 3.13. The third-order valence-electron chi connectivity index (χ3n) is 2.64. The molecule has 2 heterocycles. The van der Waals surface area contributed by atoms with Gasteiger partial charge in [0.15, 0.2) is 5.82 Å². The molecule has 0 atom stereocenters. The summed E-state index contributed by atoms with van der Waals surface area (Å²) in [5.74, 6) is 0.450. The molecule has 6 heteroatoms. The van der Waals surface area contributed by atoms with Crippen LogP contribution >= 0.6 is 11.6 Å². The zero-order valence-corrected chi connectivity index (χ0v) is 12.3. The standard InChI is InChI=1S/C14H15ClN4O/c1-9-7-10(8-12(15)17-9)14(20)18-11-5-4-6-16-13(11)19(2)3/h4-8H,1-3H3,(H,18,20). The Labute approximate surface area is 122 Å². The highest BCUT2D eigenvalue weighted by Gasteiger charge is 2.12. The van der Waals surface area contributed by atoms with E-state index in [1.165, 1.54) is 6.07 Å². The summed E-state index contributed by atoms with van der Waals surface area (Å²) in [7, 11) is 3.73. The predicted octanol–water partition coefficient (Wildman–Crippen LogP) is 2.76. The smallest absolute Gasteiger partial charge is 0.255 e. The van der Waals surface area contributed by atoms with Crippen molar-refractivity contribution in [2.24, 2.45) is 0 Å². The Hall–Kier alpha value is -2.14. The van der Waals surface area contributed by atoms with E-state index in [1.807, 2.05) is 19.0 Å². The van der Waals surface area contributed by atoms with E-state index in [-0.39, 0.29) is 5.91 Å². The second kappa shape index (κ2) is 5.88. The van der Waals surface area contributed by atoms with Gasteiger partial charge in [0.1, 0.15) is 5.15 Å². The van der Waals surface area contributed by atoms with Crippen LogP contribution in [0.2, 0.25) is 5.15 Å². The number of nitrogens with one attached hydrogen (secondary N) is 1.